The van der Waals surface area contributed by atoms with Crippen molar-refractivity contribution in [3.8, 4) is 0 Å². The van der Waals surface area contributed by atoms with Gasteiger partial charge in [0, 0.05) is 55.1 Å². The molecule has 2 rings (SSSR count). The monoisotopic (exact) mass is 1080 g/mol. The number of hydrogen-bond donors (Lipinski definition) is 0. The molecule has 0 aromatic heterocycles. The molecule has 446 valence electrons. The van der Waals surface area contributed by atoms with Crippen LogP contribution in [0.4, 0.5) is 0 Å². The molecular weight excluding hydrogens is 955 g/mol. The number of carbonyl (C=O) groups is 4. The van der Waals surface area contributed by atoms with Gasteiger partial charge in [0.05, 0.1) is 32.8 Å². The van der Waals surface area contributed by atoms with Crippen molar-refractivity contribution in [2.75, 3.05) is 59.3 Å². The van der Waals surface area contributed by atoms with Crippen molar-refractivity contribution in [1.82, 2.24) is 4.90 Å². The van der Waals surface area contributed by atoms with Crippen molar-refractivity contribution < 1.29 is 47.6 Å². The zero-order chi connectivity index (χ0) is 55.4. The van der Waals surface area contributed by atoms with Crippen molar-refractivity contribution in [3.05, 3.63) is 0 Å². The first-order chi connectivity index (χ1) is 36.8. The predicted molar refractivity (Wildman–Crippen MR) is 311 cm³/mol. The van der Waals surface area contributed by atoms with Crippen LogP contribution in [-0.2, 0) is 47.6 Å². The average Bonchev–Trinajstić information content (AvgIpc) is 3.41. The molecule has 2 fully saturated rings. The first kappa shape index (κ1) is 69.9. The van der Waals surface area contributed by atoms with Gasteiger partial charge in [-0.2, -0.15) is 0 Å². The second-order valence-corrected chi connectivity index (χ2v) is 24.7. The number of carbonyl (C=O) groups excluding carboxylic acids is 4. The zero-order valence-electron chi connectivity index (χ0n) is 50.8. The molecule has 11 nitrogen and oxygen atoms in total. The first-order valence-electron chi connectivity index (χ1n) is 32.4. The molecule has 4 atom stereocenters. The molecular formula is C65H121NO10. The SMILES string of the molecule is CCCCCCCCCCCCCC(=O)OCCCCC(=O)OCC1(C)CC2CC(C)(COC(=O)CCCN(CC)CC)CC(COC(=O)CCC(OCCCCCCCCCC)OCCCCCCCCCC)(C2)C1. The summed E-state index contributed by atoms with van der Waals surface area (Å²) >= 11 is 0. The molecule has 0 aromatic rings. The Labute approximate surface area is 467 Å². The van der Waals surface area contributed by atoms with E-state index in [1.54, 1.807) is 0 Å². The number of hydrogen-bond acceptors (Lipinski definition) is 11. The summed E-state index contributed by atoms with van der Waals surface area (Å²) in [6.07, 6.45) is 41.0. The molecule has 11 heteroatoms. The van der Waals surface area contributed by atoms with Gasteiger partial charge in [0.2, 0.25) is 0 Å². The van der Waals surface area contributed by atoms with Gasteiger partial charge in [0.15, 0.2) is 6.29 Å². The number of rotatable bonds is 52. The fourth-order valence-electron chi connectivity index (χ4n) is 12.6. The lowest BCUT2D eigenvalue weighted by Gasteiger charge is -2.57. The molecule has 0 N–H and O–H groups in total. The topological polar surface area (TPSA) is 127 Å². The van der Waals surface area contributed by atoms with Crippen LogP contribution in [0.25, 0.3) is 0 Å². The molecule has 2 aliphatic carbocycles. The first-order valence-corrected chi connectivity index (χ1v) is 32.4. The molecule has 0 radical (unpaired) electrons. The van der Waals surface area contributed by atoms with E-state index in [0.29, 0.717) is 71.1 Å². The van der Waals surface area contributed by atoms with Gasteiger partial charge < -0.3 is 33.3 Å². The highest BCUT2D eigenvalue weighted by Crippen LogP contribution is 2.60. The number of esters is 4. The summed E-state index contributed by atoms with van der Waals surface area (Å²) in [6, 6.07) is 0. The van der Waals surface area contributed by atoms with E-state index >= 15 is 0 Å². The van der Waals surface area contributed by atoms with Gasteiger partial charge in [0.25, 0.3) is 0 Å². The van der Waals surface area contributed by atoms with Gasteiger partial charge in [0.1, 0.15) is 0 Å². The standard InChI is InChI=1S/C65H121NO10/c1-8-13-16-19-22-25-26-27-28-31-34-40-58(67)71-46-38-35-41-59(68)74-54-63(6)49-57-50-64(7,55-75-60(69)42-39-45-66(11-4)12-5)53-65(51-57,52-63)56-76-61(70)43-44-62(72-47-36-32-29-23-20-17-14-9-2)73-48-37-33-30-24-21-18-15-10-3/h57,62H,8-56H2,1-7H3. The molecule has 4 unspecified atom stereocenters. The summed E-state index contributed by atoms with van der Waals surface area (Å²) in [5.41, 5.74) is -0.913. The Bertz CT molecular complexity index is 1430. The van der Waals surface area contributed by atoms with Gasteiger partial charge >= 0.3 is 23.9 Å². The van der Waals surface area contributed by atoms with E-state index in [1.807, 2.05) is 0 Å². The third-order valence-corrected chi connectivity index (χ3v) is 16.6. The summed E-state index contributed by atoms with van der Waals surface area (Å²) < 4.78 is 36.5. The maximum Gasteiger partial charge on any atom is 0.305 e. The van der Waals surface area contributed by atoms with Crippen LogP contribution < -0.4 is 0 Å². The Balaban J connectivity index is 1.95. The highest BCUT2D eigenvalue weighted by Gasteiger charge is 2.55. The van der Waals surface area contributed by atoms with Crippen molar-refractivity contribution >= 4 is 23.9 Å². The molecule has 0 spiro atoms. The van der Waals surface area contributed by atoms with Crippen LogP contribution in [0.1, 0.15) is 305 Å². The molecule has 0 amide bonds. The minimum absolute atomic E-state index is 0.144. The van der Waals surface area contributed by atoms with E-state index in [1.165, 1.54) is 135 Å². The van der Waals surface area contributed by atoms with Gasteiger partial charge in [-0.15, -0.1) is 0 Å². The van der Waals surface area contributed by atoms with Crippen molar-refractivity contribution in [1.29, 1.82) is 0 Å². The number of unbranched alkanes of at least 4 members (excludes halogenated alkanes) is 25. The Hall–Kier alpha value is -2.24. The summed E-state index contributed by atoms with van der Waals surface area (Å²) in [4.78, 5) is 54.7. The highest BCUT2D eigenvalue weighted by molar-refractivity contribution is 5.70. The fraction of sp³-hybridized carbons (Fsp3) is 0.938. The smallest absolute Gasteiger partial charge is 0.305 e. The van der Waals surface area contributed by atoms with Crippen LogP contribution in [0.5, 0.6) is 0 Å². The number of fused-ring (bicyclic) bond motifs is 2. The number of nitrogens with zero attached hydrogens (tertiary/aromatic N) is 1. The molecule has 0 aliphatic heterocycles. The van der Waals surface area contributed by atoms with Crippen LogP contribution in [0.2, 0.25) is 0 Å². The third-order valence-electron chi connectivity index (χ3n) is 16.6. The average molecular weight is 1080 g/mol. The normalized spacial score (nSPS) is 20.3. The highest BCUT2D eigenvalue weighted by atomic mass is 16.7. The quantitative estimate of drug-likeness (QED) is 0.0250. The van der Waals surface area contributed by atoms with Crippen LogP contribution in [-0.4, -0.2) is 94.3 Å². The third kappa shape index (κ3) is 35.4. The molecule has 2 aliphatic rings. The molecule has 0 saturated heterocycles. The second kappa shape index (κ2) is 44.5. The van der Waals surface area contributed by atoms with Crippen LogP contribution in [0, 0.1) is 22.2 Å². The fourth-order valence-corrected chi connectivity index (χ4v) is 12.6. The molecule has 2 saturated carbocycles. The van der Waals surface area contributed by atoms with Crippen LogP contribution in [0.15, 0.2) is 0 Å². The maximum absolute atomic E-state index is 13.7. The summed E-state index contributed by atoms with van der Waals surface area (Å²) in [7, 11) is 0. The van der Waals surface area contributed by atoms with E-state index in [4.69, 9.17) is 28.4 Å². The van der Waals surface area contributed by atoms with Crippen LogP contribution in [0.3, 0.4) is 0 Å². The Morgan fingerprint density at radius 3 is 1.21 bits per heavy atom. The van der Waals surface area contributed by atoms with Crippen molar-refractivity contribution in [2.45, 2.75) is 312 Å². The van der Waals surface area contributed by atoms with Gasteiger partial charge in [-0.3, -0.25) is 19.2 Å². The zero-order valence-corrected chi connectivity index (χ0v) is 50.8. The van der Waals surface area contributed by atoms with Gasteiger partial charge in [-0.1, -0.05) is 203 Å². The molecule has 76 heavy (non-hydrogen) atoms. The lowest BCUT2D eigenvalue weighted by molar-refractivity contribution is -0.172. The number of ether oxygens (including phenoxy) is 6. The van der Waals surface area contributed by atoms with Gasteiger partial charge in [-0.25, -0.2) is 0 Å². The van der Waals surface area contributed by atoms with E-state index in [2.05, 4.69) is 53.4 Å². The van der Waals surface area contributed by atoms with Gasteiger partial charge in [-0.05, 0) is 96.2 Å². The summed E-state index contributed by atoms with van der Waals surface area (Å²) in [6.45, 7) is 20.8. The second-order valence-electron chi connectivity index (χ2n) is 24.7. The molecule has 2 bridgehead atoms. The minimum Gasteiger partial charge on any atom is -0.466 e. The largest absolute Gasteiger partial charge is 0.466 e. The maximum atomic E-state index is 13.7. The Morgan fingerprint density at radius 2 is 0.763 bits per heavy atom. The van der Waals surface area contributed by atoms with E-state index in [-0.39, 0.29) is 59.6 Å². The Morgan fingerprint density at radius 1 is 0.408 bits per heavy atom. The van der Waals surface area contributed by atoms with E-state index in [9.17, 15) is 19.2 Å². The van der Waals surface area contributed by atoms with Crippen LogP contribution >= 0.6 is 0 Å². The van der Waals surface area contributed by atoms with Crippen molar-refractivity contribution in [2.24, 2.45) is 22.2 Å². The Kier molecular flexibility index (Phi) is 40.9. The summed E-state index contributed by atoms with van der Waals surface area (Å²) in [5.74, 6) is -0.466. The lowest BCUT2D eigenvalue weighted by Crippen LogP contribution is -2.52. The van der Waals surface area contributed by atoms with Crippen molar-refractivity contribution in [3.63, 3.8) is 0 Å². The molecule has 0 aromatic carbocycles. The van der Waals surface area contributed by atoms with E-state index < -0.39 is 6.29 Å². The van der Waals surface area contributed by atoms with E-state index in [0.717, 1.165) is 96.7 Å². The minimum atomic E-state index is -0.435. The summed E-state index contributed by atoms with van der Waals surface area (Å²) in [5, 5.41) is 0. The lowest BCUT2D eigenvalue weighted by atomic mass is 9.49. The molecule has 0 heterocycles. The predicted octanol–water partition coefficient (Wildman–Crippen LogP) is 17.2.